The maximum absolute atomic E-state index is 9.71. The van der Waals surface area contributed by atoms with Crippen molar-refractivity contribution in [3.63, 3.8) is 0 Å². The molecule has 0 N–H and O–H groups in total. The summed E-state index contributed by atoms with van der Waals surface area (Å²) in [6.07, 6.45) is 3.41. The number of halogens is 1. The van der Waals surface area contributed by atoms with Gasteiger partial charge in [0.2, 0.25) is 0 Å². The van der Waals surface area contributed by atoms with E-state index in [1.807, 2.05) is 12.1 Å². The summed E-state index contributed by atoms with van der Waals surface area (Å²) in [7, 11) is 0. The summed E-state index contributed by atoms with van der Waals surface area (Å²) >= 11 is 5.85. The first-order valence-corrected chi connectivity index (χ1v) is 7.89. The van der Waals surface area contributed by atoms with Crippen molar-refractivity contribution in [3.8, 4) is 6.07 Å². The van der Waals surface area contributed by atoms with Crippen LogP contribution in [0.25, 0.3) is 0 Å². The third-order valence-corrected chi connectivity index (χ3v) is 4.68. The minimum absolute atomic E-state index is 0.426. The smallest absolute Gasteiger partial charge is 0.129 e. The molecule has 0 bridgehead atoms. The average molecular weight is 312 g/mol. The monoisotopic (exact) mass is 311 g/mol. The van der Waals surface area contributed by atoms with Gasteiger partial charge >= 0.3 is 0 Å². The summed E-state index contributed by atoms with van der Waals surface area (Å²) in [5.74, 6) is 0. The van der Waals surface area contributed by atoms with Gasteiger partial charge in [-0.2, -0.15) is 5.26 Å². The first-order valence-electron chi connectivity index (χ1n) is 7.51. The molecular weight excluding hydrogens is 294 g/mol. The van der Waals surface area contributed by atoms with Crippen molar-refractivity contribution in [2.24, 2.45) is 0 Å². The predicted octanol–water partition coefficient (Wildman–Crippen LogP) is 3.79. The van der Waals surface area contributed by atoms with E-state index in [4.69, 9.17) is 11.6 Å². The largest absolute Gasteiger partial charge is 0.299 e. The topological polar surface area (TPSA) is 39.9 Å². The van der Waals surface area contributed by atoms with E-state index >= 15 is 0 Å². The zero-order chi connectivity index (χ0) is 15.4. The maximum atomic E-state index is 9.71. The van der Waals surface area contributed by atoms with Crippen LogP contribution in [0.3, 0.4) is 0 Å². The minimum Gasteiger partial charge on any atom is -0.299 e. The molecule has 0 spiro atoms. The Labute approximate surface area is 136 Å². The van der Waals surface area contributed by atoms with Crippen molar-refractivity contribution in [2.75, 3.05) is 13.1 Å². The number of aromatic nitrogens is 1. The molecular formula is C18H18ClN3. The van der Waals surface area contributed by atoms with Crippen LogP contribution in [0.5, 0.6) is 0 Å². The zero-order valence-corrected chi connectivity index (χ0v) is 13.1. The molecule has 22 heavy (non-hydrogen) atoms. The van der Waals surface area contributed by atoms with E-state index in [1.165, 1.54) is 5.56 Å². The van der Waals surface area contributed by atoms with Gasteiger partial charge in [-0.25, -0.2) is 4.98 Å². The van der Waals surface area contributed by atoms with Gasteiger partial charge in [0.25, 0.3) is 0 Å². The SMILES string of the molecule is N#CC1(c2ccc(Cl)nc2)CCN(Cc2ccccc2)CC1. The summed E-state index contributed by atoms with van der Waals surface area (Å²) in [5.41, 5.74) is 1.88. The lowest BCUT2D eigenvalue weighted by molar-refractivity contribution is 0.179. The molecule has 3 rings (SSSR count). The number of piperidine rings is 1. The molecule has 2 heterocycles. The Morgan fingerprint density at radius 3 is 2.45 bits per heavy atom. The van der Waals surface area contributed by atoms with Gasteiger partial charge in [-0.1, -0.05) is 48.0 Å². The van der Waals surface area contributed by atoms with E-state index in [1.54, 1.807) is 12.3 Å². The lowest BCUT2D eigenvalue weighted by Gasteiger charge is -2.37. The molecule has 0 amide bonds. The first kappa shape index (κ1) is 15.0. The van der Waals surface area contributed by atoms with Crippen LogP contribution in [-0.4, -0.2) is 23.0 Å². The fraction of sp³-hybridized carbons (Fsp3) is 0.333. The van der Waals surface area contributed by atoms with Gasteiger partial charge in [-0.15, -0.1) is 0 Å². The summed E-state index contributed by atoms with van der Waals surface area (Å²) in [6.45, 7) is 2.79. The van der Waals surface area contributed by atoms with Crippen LogP contribution >= 0.6 is 11.6 Å². The van der Waals surface area contributed by atoms with Gasteiger partial charge in [0, 0.05) is 25.8 Å². The van der Waals surface area contributed by atoms with Gasteiger partial charge in [-0.3, -0.25) is 4.90 Å². The molecule has 0 atom stereocenters. The van der Waals surface area contributed by atoms with Crippen LogP contribution < -0.4 is 0 Å². The Morgan fingerprint density at radius 2 is 1.86 bits per heavy atom. The van der Waals surface area contributed by atoms with Crippen LogP contribution in [0.4, 0.5) is 0 Å². The van der Waals surface area contributed by atoms with E-state index < -0.39 is 5.41 Å². The van der Waals surface area contributed by atoms with E-state index in [9.17, 15) is 5.26 Å². The van der Waals surface area contributed by atoms with E-state index in [2.05, 4.69) is 40.2 Å². The summed E-state index contributed by atoms with van der Waals surface area (Å²) in [6, 6.07) is 16.7. The lowest BCUT2D eigenvalue weighted by Crippen LogP contribution is -2.41. The fourth-order valence-electron chi connectivity index (χ4n) is 3.06. The summed E-state index contributed by atoms with van der Waals surface area (Å²) in [4.78, 5) is 6.55. The molecule has 4 heteroatoms. The van der Waals surface area contributed by atoms with Crippen molar-refractivity contribution in [3.05, 3.63) is 64.9 Å². The van der Waals surface area contributed by atoms with E-state index in [0.29, 0.717) is 5.15 Å². The number of nitrogens with zero attached hydrogens (tertiary/aromatic N) is 3. The Hall–Kier alpha value is -1.89. The quantitative estimate of drug-likeness (QED) is 0.810. The van der Waals surface area contributed by atoms with Crippen LogP contribution in [0.2, 0.25) is 5.15 Å². The molecule has 1 fully saturated rings. The Morgan fingerprint density at radius 1 is 1.14 bits per heavy atom. The third-order valence-electron chi connectivity index (χ3n) is 4.45. The van der Waals surface area contributed by atoms with Crippen molar-refractivity contribution < 1.29 is 0 Å². The maximum Gasteiger partial charge on any atom is 0.129 e. The normalized spacial score (nSPS) is 17.8. The van der Waals surface area contributed by atoms with Gasteiger partial charge in [0.1, 0.15) is 5.15 Å². The number of hydrogen-bond acceptors (Lipinski definition) is 3. The van der Waals surface area contributed by atoms with Crippen LogP contribution in [0.15, 0.2) is 48.7 Å². The summed E-state index contributed by atoms with van der Waals surface area (Å²) in [5, 5.41) is 10.2. The highest BCUT2D eigenvalue weighted by Crippen LogP contribution is 2.35. The molecule has 2 aromatic rings. The Kier molecular flexibility index (Phi) is 4.42. The molecule has 3 nitrogen and oxygen atoms in total. The number of likely N-dealkylation sites (tertiary alicyclic amines) is 1. The molecule has 0 saturated carbocycles. The highest BCUT2D eigenvalue weighted by molar-refractivity contribution is 6.29. The van der Waals surface area contributed by atoms with Gasteiger partial charge in [-0.05, 0) is 30.0 Å². The highest BCUT2D eigenvalue weighted by atomic mass is 35.5. The zero-order valence-electron chi connectivity index (χ0n) is 12.4. The van der Waals surface area contributed by atoms with Crippen molar-refractivity contribution in [1.29, 1.82) is 5.26 Å². The number of nitriles is 1. The molecule has 1 aromatic carbocycles. The second kappa shape index (κ2) is 6.48. The standard InChI is InChI=1S/C18H18ClN3/c19-17-7-6-16(12-21-17)18(14-20)8-10-22(11-9-18)13-15-4-2-1-3-5-15/h1-7,12H,8-11,13H2. The van der Waals surface area contributed by atoms with Crippen LogP contribution in [0.1, 0.15) is 24.0 Å². The van der Waals surface area contributed by atoms with Crippen LogP contribution in [-0.2, 0) is 12.0 Å². The predicted molar refractivity (Wildman–Crippen MR) is 87.5 cm³/mol. The highest BCUT2D eigenvalue weighted by Gasteiger charge is 2.36. The molecule has 112 valence electrons. The molecule has 1 saturated heterocycles. The molecule has 0 unspecified atom stereocenters. The van der Waals surface area contributed by atoms with Crippen molar-refractivity contribution >= 4 is 11.6 Å². The van der Waals surface area contributed by atoms with E-state index in [0.717, 1.165) is 38.0 Å². The van der Waals surface area contributed by atoms with Gasteiger partial charge in [0.05, 0.1) is 11.5 Å². The van der Waals surface area contributed by atoms with E-state index in [-0.39, 0.29) is 0 Å². The van der Waals surface area contributed by atoms with Crippen LogP contribution in [0, 0.1) is 11.3 Å². The second-order valence-electron chi connectivity index (χ2n) is 5.83. The molecule has 0 aliphatic carbocycles. The molecule has 1 aliphatic heterocycles. The number of benzene rings is 1. The molecule has 1 aromatic heterocycles. The van der Waals surface area contributed by atoms with Gasteiger partial charge in [0.15, 0.2) is 0 Å². The molecule has 1 aliphatic rings. The summed E-state index contributed by atoms with van der Waals surface area (Å²) < 4.78 is 0. The van der Waals surface area contributed by atoms with Gasteiger partial charge < -0.3 is 0 Å². The lowest BCUT2D eigenvalue weighted by atomic mass is 9.74. The Balaban J connectivity index is 1.69. The van der Waals surface area contributed by atoms with Crippen molar-refractivity contribution in [2.45, 2.75) is 24.8 Å². The minimum atomic E-state index is -0.426. The average Bonchev–Trinajstić information content (AvgIpc) is 2.57. The fourth-order valence-corrected chi connectivity index (χ4v) is 3.17. The Bertz CT molecular complexity index is 653. The number of rotatable bonds is 3. The number of hydrogen-bond donors (Lipinski definition) is 0. The second-order valence-corrected chi connectivity index (χ2v) is 6.21. The van der Waals surface area contributed by atoms with Crippen molar-refractivity contribution in [1.82, 2.24) is 9.88 Å². The molecule has 0 radical (unpaired) electrons. The first-order chi connectivity index (χ1) is 10.7. The third kappa shape index (κ3) is 3.14. The number of pyridine rings is 1.